The zero-order valence-electron chi connectivity index (χ0n) is 12.9. The van der Waals surface area contributed by atoms with Crippen LogP contribution in [0.15, 0.2) is 18.2 Å². The number of halogens is 2. The van der Waals surface area contributed by atoms with E-state index in [2.05, 4.69) is 14.8 Å². The molecular formula is C16H20Cl2N4. The summed E-state index contributed by atoms with van der Waals surface area (Å²) >= 11 is 12.1. The van der Waals surface area contributed by atoms with Crippen LogP contribution in [-0.4, -0.2) is 21.8 Å². The molecule has 0 saturated heterocycles. The fraction of sp³-hybridized carbons (Fsp3) is 0.500. The van der Waals surface area contributed by atoms with Crippen molar-refractivity contribution in [3.05, 3.63) is 34.1 Å². The molecule has 22 heavy (non-hydrogen) atoms. The van der Waals surface area contributed by atoms with Crippen molar-refractivity contribution in [2.45, 2.75) is 38.0 Å². The van der Waals surface area contributed by atoms with Crippen LogP contribution >= 0.6 is 23.2 Å². The highest BCUT2D eigenvalue weighted by molar-refractivity contribution is 6.42. The number of nitrogens with zero attached hydrogens (tertiary/aromatic N) is 4. The van der Waals surface area contributed by atoms with E-state index in [1.807, 2.05) is 31.1 Å². The summed E-state index contributed by atoms with van der Waals surface area (Å²) in [6, 6.07) is 5.58. The number of benzene rings is 1. The van der Waals surface area contributed by atoms with Gasteiger partial charge in [-0.1, -0.05) is 42.5 Å². The molecule has 1 aliphatic rings. The van der Waals surface area contributed by atoms with Gasteiger partial charge in [0.25, 0.3) is 0 Å². The van der Waals surface area contributed by atoms with E-state index >= 15 is 0 Å². The van der Waals surface area contributed by atoms with Gasteiger partial charge in [-0.15, -0.1) is 10.2 Å². The van der Waals surface area contributed by atoms with Gasteiger partial charge in [-0.25, -0.2) is 0 Å². The molecule has 3 rings (SSSR count). The first kappa shape index (κ1) is 15.6. The normalized spacial score (nSPS) is 16.0. The maximum absolute atomic E-state index is 6.11. The van der Waals surface area contributed by atoms with Gasteiger partial charge in [0.1, 0.15) is 5.82 Å². The largest absolute Gasteiger partial charge is 0.314 e. The molecular weight excluding hydrogens is 319 g/mol. The molecule has 0 bridgehead atoms. The molecule has 1 aromatic heterocycles. The highest BCUT2D eigenvalue weighted by Crippen LogP contribution is 2.34. The third kappa shape index (κ3) is 2.95. The average Bonchev–Trinajstić information content (AvgIpc) is 2.92. The van der Waals surface area contributed by atoms with E-state index in [4.69, 9.17) is 23.2 Å². The van der Waals surface area contributed by atoms with E-state index in [0.29, 0.717) is 16.0 Å². The second kappa shape index (κ2) is 6.47. The topological polar surface area (TPSA) is 34.0 Å². The molecule has 0 unspecified atom stereocenters. The Morgan fingerprint density at radius 2 is 1.82 bits per heavy atom. The van der Waals surface area contributed by atoms with Crippen molar-refractivity contribution in [3.63, 3.8) is 0 Å². The highest BCUT2D eigenvalue weighted by atomic mass is 35.5. The van der Waals surface area contributed by atoms with Gasteiger partial charge in [0.05, 0.1) is 10.0 Å². The van der Waals surface area contributed by atoms with E-state index in [1.54, 1.807) is 6.07 Å². The summed E-state index contributed by atoms with van der Waals surface area (Å²) in [5.74, 6) is 2.43. The molecule has 0 radical (unpaired) electrons. The molecule has 1 aliphatic carbocycles. The van der Waals surface area contributed by atoms with Crippen LogP contribution in [0.3, 0.4) is 0 Å². The predicted octanol–water partition coefficient (Wildman–Crippen LogP) is 4.94. The van der Waals surface area contributed by atoms with Crippen molar-refractivity contribution >= 4 is 34.8 Å². The molecule has 2 aromatic rings. The van der Waals surface area contributed by atoms with Crippen molar-refractivity contribution < 1.29 is 0 Å². The van der Waals surface area contributed by atoms with Crippen LogP contribution in [0.4, 0.5) is 11.6 Å². The minimum Gasteiger partial charge on any atom is -0.314 e. The molecule has 0 atom stereocenters. The summed E-state index contributed by atoms with van der Waals surface area (Å²) in [6.45, 7) is 0. The zero-order valence-corrected chi connectivity index (χ0v) is 14.4. The van der Waals surface area contributed by atoms with Crippen LogP contribution in [-0.2, 0) is 7.05 Å². The lowest BCUT2D eigenvalue weighted by Gasteiger charge is -2.22. The van der Waals surface area contributed by atoms with Crippen LogP contribution in [0.2, 0.25) is 10.0 Å². The Morgan fingerprint density at radius 1 is 1.09 bits per heavy atom. The summed E-state index contributed by atoms with van der Waals surface area (Å²) in [4.78, 5) is 1.99. The van der Waals surface area contributed by atoms with Crippen molar-refractivity contribution in [3.8, 4) is 0 Å². The minimum atomic E-state index is 0.530. The van der Waals surface area contributed by atoms with Gasteiger partial charge in [0.15, 0.2) is 0 Å². The number of rotatable bonds is 3. The molecule has 0 aliphatic heterocycles. The summed E-state index contributed by atoms with van der Waals surface area (Å²) in [7, 11) is 4.00. The molecule has 6 heteroatoms. The van der Waals surface area contributed by atoms with Gasteiger partial charge in [0.2, 0.25) is 5.95 Å². The molecule has 1 fully saturated rings. The summed E-state index contributed by atoms with van der Waals surface area (Å²) in [6.07, 6.45) is 6.33. The molecule has 1 heterocycles. The fourth-order valence-electron chi connectivity index (χ4n) is 3.15. The zero-order chi connectivity index (χ0) is 15.7. The van der Waals surface area contributed by atoms with E-state index in [0.717, 1.165) is 17.5 Å². The number of anilines is 2. The van der Waals surface area contributed by atoms with Crippen molar-refractivity contribution in [1.29, 1.82) is 0 Å². The predicted molar refractivity (Wildman–Crippen MR) is 91.4 cm³/mol. The Morgan fingerprint density at radius 3 is 2.50 bits per heavy atom. The SMILES string of the molecule is CN(c1ccc(Cl)c(Cl)c1)c1nnc(C2CCCCC2)n1C. The van der Waals surface area contributed by atoms with Gasteiger partial charge in [-0.3, -0.25) is 4.57 Å². The van der Waals surface area contributed by atoms with Crippen LogP contribution < -0.4 is 4.90 Å². The van der Waals surface area contributed by atoms with Gasteiger partial charge in [-0.2, -0.15) is 0 Å². The van der Waals surface area contributed by atoms with Crippen LogP contribution in [0, 0.1) is 0 Å². The third-order valence-electron chi connectivity index (χ3n) is 4.45. The lowest BCUT2D eigenvalue weighted by Crippen LogP contribution is -2.16. The van der Waals surface area contributed by atoms with Crippen molar-refractivity contribution in [1.82, 2.24) is 14.8 Å². The quantitative estimate of drug-likeness (QED) is 0.794. The maximum Gasteiger partial charge on any atom is 0.231 e. The summed E-state index contributed by atoms with van der Waals surface area (Å²) in [5.41, 5.74) is 0.945. The molecule has 0 spiro atoms. The monoisotopic (exact) mass is 338 g/mol. The standard InChI is InChI=1S/C16H20Cl2N4/c1-21(12-8-9-13(17)14(18)10-12)16-20-19-15(22(16)2)11-6-4-3-5-7-11/h8-11H,3-7H2,1-2H3. The van der Waals surface area contributed by atoms with Gasteiger partial charge in [-0.05, 0) is 31.0 Å². The second-order valence-corrected chi connectivity index (χ2v) is 6.72. The highest BCUT2D eigenvalue weighted by Gasteiger charge is 2.23. The summed E-state index contributed by atoms with van der Waals surface area (Å²) in [5, 5.41) is 9.92. The van der Waals surface area contributed by atoms with Gasteiger partial charge >= 0.3 is 0 Å². The Kier molecular flexibility index (Phi) is 4.59. The lowest BCUT2D eigenvalue weighted by atomic mass is 9.89. The van der Waals surface area contributed by atoms with Gasteiger partial charge in [0, 0.05) is 25.7 Å². The first-order chi connectivity index (χ1) is 10.6. The first-order valence-corrected chi connectivity index (χ1v) is 8.41. The average molecular weight is 339 g/mol. The van der Waals surface area contributed by atoms with E-state index in [-0.39, 0.29) is 0 Å². The van der Waals surface area contributed by atoms with Crippen molar-refractivity contribution in [2.24, 2.45) is 7.05 Å². The summed E-state index contributed by atoms with van der Waals surface area (Å²) < 4.78 is 2.10. The first-order valence-electron chi connectivity index (χ1n) is 7.66. The fourth-order valence-corrected chi connectivity index (χ4v) is 3.44. The minimum absolute atomic E-state index is 0.530. The third-order valence-corrected chi connectivity index (χ3v) is 5.19. The lowest BCUT2D eigenvalue weighted by molar-refractivity contribution is 0.420. The second-order valence-electron chi connectivity index (χ2n) is 5.91. The van der Waals surface area contributed by atoms with E-state index < -0.39 is 0 Å². The molecule has 0 amide bonds. The molecule has 4 nitrogen and oxygen atoms in total. The molecule has 1 aromatic carbocycles. The Balaban J connectivity index is 1.88. The number of hydrogen-bond acceptors (Lipinski definition) is 3. The maximum atomic E-state index is 6.11. The molecule has 0 N–H and O–H groups in total. The number of hydrogen-bond donors (Lipinski definition) is 0. The van der Waals surface area contributed by atoms with Gasteiger partial charge < -0.3 is 4.90 Å². The smallest absolute Gasteiger partial charge is 0.231 e. The van der Waals surface area contributed by atoms with Crippen molar-refractivity contribution in [2.75, 3.05) is 11.9 Å². The Labute approximate surface area is 141 Å². The number of aromatic nitrogens is 3. The Bertz CT molecular complexity index is 662. The van der Waals surface area contributed by atoms with Crippen LogP contribution in [0.1, 0.15) is 43.8 Å². The van der Waals surface area contributed by atoms with Crippen LogP contribution in [0.5, 0.6) is 0 Å². The van der Waals surface area contributed by atoms with E-state index in [9.17, 15) is 0 Å². The van der Waals surface area contributed by atoms with E-state index in [1.165, 1.54) is 32.1 Å². The van der Waals surface area contributed by atoms with Crippen LogP contribution in [0.25, 0.3) is 0 Å². The molecule has 1 saturated carbocycles. The Hall–Kier alpha value is -1.26. The molecule has 118 valence electrons.